The number of hydrogen-bond donors (Lipinski definition) is 1. The predicted molar refractivity (Wildman–Crippen MR) is 96.4 cm³/mol. The zero-order valence-corrected chi connectivity index (χ0v) is 14.4. The van der Waals surface area contributed by atoms with Crippen molar-refractivity contribution >= 4 is 34.8 Å². The summed E-state index contributed by atoms with van der Waals surface area (Å²) in [6.45, 7) is 2.21. The molecule has 1 saturated heterocycles. The van der Waals surface area contributed by atoms with E-state index in [0.29, 0.717) is 22.8 Å². The lowest BCUT2D eigenvalue weighted by atomic mass is 10.1. The van der Waals surface area contributed by atoms with Gasteiger partial charge in [0, 0.05) is 29.4 Å². The maximum absolute atomic E-state index is 12.5. The van der Waals surface area contributed by atoms with Gasteiger partial charge in [-0.15, -0.1) is 0 Å². The van der Waals surface area contributed by atoms with Gasteiger partial charge in [-0.2, -0.15) is 5.26 Å². The highest BCUT2D eigenvalue weighted by atomic mass is 35.5. The molecule has 2 aromatic carbocycles. The molecular weight excluding hydrogens is 338 g/mol. The Morgan fingerprint density at radius 2 is 2.12 bits per heavy atom. The van der Waals surface area contributed by atoms with Gasteiger partial charge in [-0.25, -0.2) is 0 Å². The van der Waals surface area contributed by atoms with Crippen molar-refractivity contribution in [1.29, 1.82) is 5.26 Å². The average Bonchev–Trinajstić information content (AvgIpc) is 2.99. The van der Waals surface area contributed by atoms with Gasteiger partial charge in [0.05, 0.1) is 17.6 Å². The average molecular weight is 354 g/mol. The third-order valence-electron chi connectivity index (χ3n) is 4.22. The summed E-state index contributed by atoms with van der Waals surface area (Å²) in [6, 6.07) is 14.1. The smallest absolute Gasteiger partial charge is 0.229 e. The molecule has 1 fully saturated rings. The van der Waals surface area contributed by atoms with Gasteiger partial charge in [0.15, 0.2) is 0 Å². The van der Waals surface area contributed by atoms with Crippen LogP contribution >= 0.6 is 11.6 Å². The van der Waals surface area contributed by atoms with Gasteiger partial charge in [-0.05, 0) is 42.8 Å². The Hall–Kier alpha value is -2.84. The summed E-state index contributed by atoms with van der Waals surface area (Å²) in [6.07, 6.45) is 0.149. The first-order chi connectivity index (χ1) is 12.0. The molecule has 1 unspecified atom stereocenters. The van der Waals surface area contributed by atoms with E-state index in [-0.39, 0.29) is 18.2 Å². The fraction of sp³-hybridized carbons (Fsp3) is 0.211. The number of amides is 2. The van der Waals surface area contributed by atoms with Crippen molar-refractivity contribution in [2.75, 3.05) is 16.8 Å². The number of carbonyl (C=O) groups excluding carboxylic acids is 2. The van der Waals surface area contributed by atoms with Crippen LogP contribution in [0.3, 0.4) is 0 Å². The fourth-order valence-electron chi connectivity index (χ4n) is 2.90. The van der Waals surface area contributed by atoms with Crippen LogP contribution in [0.5, 0.6) is 0 Å². The quantitative estimate of drug-likeness (QED) is 0.917. The first-order valence-corrected chi connectivity index (χ1v) is 8.23. The van der Waals surface area contributed by atoms with E-state index in [1.54, 1.807) is 41.3 Å². The van der Waals surface area contributed by atoms with Gasteiger partial charge in [0.25, 0.3) is 0 Å². The number of nitriles is 1. The van der Waals surface area contributed by atoms with Crippen LogP contribution in [0.15, 0.2) is 42.5 Å². The SMILES string of the molecule is Cc1ccc(Cl)cc1N1CC(C(=O)Nc2cccc(C#N)c2)CC1=O. The Labute approximate surface area is 150 Å². The first-order valence-electron chi connectivity index (χ1n) is 7.85. The Balaban J connectivity index is 1.74. The molecule has 0 radical (unpaired) electrons. The molecule has 0 aliphatic carbocycles. The fourth-order valence-corrected chi connectivity index (χ4v) is 3.07. The van der Waals surface area contributed by atoms with Gasteiger partial charge in [-0.3, -0.25) is 9.59 Å². The number of carbonyl (C=O) groups is 2. The summed E-state index contributed by atoms with van der Waals surface area (Å²) in [7, 11) is 0. The highest BCUT2D eigenvalue weighted by Crippen LogP contribution is 2.30. The maximum atomic E-state index is 12.5. The maximum Gasteiger partial charge on any atom is 0.229 e. The third-order valence-corrected chi connectivity index (χ3v) is 4.45. The van der Waals surface area contributed by atoms with E-state index in [2.05, 4.69) is 5.32 Å². The molecule has 6 heteroatoms. The number of halogens is 1. The highest BCUT2D eigenvalue weighted by Gasteiger charge is 2.35. The van der Waals surface area contributed by atoms with E-state index >= 15 is 0 Å². The Kier molecular flexibility index (Phi) is 4.73. The minimum absolute atomic E-state index is 0.101. The standard InChI is InChI=1S/C19H16ClN3O2/c1-12-5-6-15(20)9-17(12)23-11-14(8-18(23)24)19(25)22-16-4-2-3-13(7-16)10-21/h2-7,9,14H,8,11H2,1H3,(H,22,25). The van der Waals surface area contributed by atoms with E-state index in [0.717, 1.165) is 11.3 Å². The number of aryl methyl sites for hydroxylation is 1. The van der Waals surface area contributed by atoms with Crippen LogP contribution in [0, 0.1) is 24.2 Å². The summed E-state index contributed by atoms with van der Waals surface area (Å²) < 4.78 is 0. The van der Waals surface area contributed by atoms with E-state index < -0.39 is 5.92 Å². The molecule has 5 nitrogen and oxygen atoms in total. The van der Waals surface area contributed by atoms with Gasteiger partial charge >= 0.3 is 0 Å². The molecule has 3 rings (SSSR count). The molecule has 0 bridgehead atoms. The van der Waals surface area contributed by atoms with Gasteiger partial charge < -0.3 is 10.2 Å². The molecule has 1 aliphatic heterocycles. The largest absolute Gasteiger partial charge is 0.326 e. The van der Waals surface area contributed by atoms with E-state index in [1.165, 1.54) is 0 Å². The number of nitrogens with zero attached hydrogens (tertiary/aromatic N) is 2. The highest BCUT2D eigenvalue weighted by molar-refractivity contribution is 6.31. The van der Waals surface area contributed by atoms with Crippen LogP contribution in [0.4, 0.5) is 11.4 Å². The zero-order chi connectivity index (χ0) is 18.0. The van der Waals surface area contributed by atoms with Crippen LogP contribution in [-0.4, -0.2) is 18.4 Å². The molecule has 0 aromatic heterocycles. The Bertz CT molecular complexity index is 888. The second-order valence-corrected chi connectivity index (χ2v) is 6.45. The van der Waals surface area contributed by atoms with Gasteiger partial charge in [-0.1, -0.05) is 23.7 Å². The number of hydrogen-bond acceptors (Lipinski definition) is 3. The summed E-state index contributed by atoms with van der Waals surface area (Å²) in [5, 5.41) is 12.3. The van der Waals surface area contributed by atoms with E-state index in [4.69, 9.17) is 16.9 Å². The second-order valence-electron chi connectivity index (χ2n) is 6.02. The molecular formula is C19H16ClN3O2. The molecule has 2 amide bonds. The Morgan fingerprint density at radius 1 is 1.32 bits per heavy atom. The molecule has 1 N–H and O–H groups in total. The summed E-state index contributed by atoms with van der Waals surface area (Å²) >= 11 is 6.03. The molecule has 1 aliphatic rings. The lowest BCUT2D eigenvalue weighted by Gasteiger charge is -2.19. The van der Waals surface area contributed by atoms with Crippen molar-refractivity contribution in [2.24, 2.45) is 5.92 Å². The van der Waals surface area contributed by atoms with Crippen molar-refractivity contribution in [2.45, 2.75) is 13.3 Å². The van der Waals surface area contributed by atoms with Crippen molar-refractivity contribution in [1.82, 2.24) is 0 Å². The van der Waals surface area contributed by atoms with Crippen LogP contribution < -0.4 is 10.2 Å². The normalized spacial score (nSPS) is 16.6. The third kappa shape index (κ3) is 3.65. The van der Waals surface area contributed by atoms with Gasteiger partial charge in [0.1, 0.15) is 0 Å². The van der Waals surface area contributed by atoms with Crippen LogP contribution in [0.25, 0.3) is 0 Å². The number of benzene rings is 2. The summed E-state index contributed by atoms with van der Waals surface area (Å²) in [4.78, 5) is 26.5. The summed E-state index contributed by atoms with van der Waals surface area (Å²) in [5.74, 6) is -0.779. The van der Waals surface area contributed by atoms with Crippen molar-refractivity contribution in [3.63, 3.8) is 0 Å². The van der Waals surface area contributed by atoms with Crippen LogP contribution in [-0.2, 0) is 9.59 Å². The summed E-state index contributed by atoms with van der Waals surface area (Å²) in [5.41, 5.74) is 2.69. The monoisotopic (exact) mass is 353 g/mol. The molecule has 126 valence electrons. The molecule has 1 atom stereocenters. The van der Waals surface area contributed by atoms with Crippen LogP contribution in [0.1, 0.15) is 17.5 Å². The van der Waals surface area contributed by atoms with Crippen molar-refractivity contribution < 1.29 is 9.59 Å². The molecule has 2 aromatic rings. The predicted octanol–water partition coefficient (Wildman–Crippen LogP) is 3.51. The van der Waals surface area contributed by atoms with Crippen LogP contribution in [0.2, 0.25) is 5.02 Å². The number of anilines is 2. The molecule has 1 heterocycles. The minimum atomic E-state index is -0.448. The topological polar surface area (TPSA) is 73.2 Å². The zero-order valence-electron chi connectivity index (χ0n) is 13.6. The minimum Gasteiger partial charge on any atom is -0.326 e. The first kappa shape index (κ1) is 17.0. The van der Waals surface area contributed by atoms with E-state index in [1.807, 2.05) is 19.1 Å². The van der Waals surface area contributed by atoms with Crippen molar-refractivity contribution in [3.8, 4) is 6.07 Å². The second kappa shape index (κ2) is 6.96. The number of nitrogens with one attached hydrogen (secondary N) is 1. The number of rotatable bonds is 3. The molecule has 0 saturated carbocycles. The lowest BCUT2D eigenvalue weighted by Crippen LogP contribution is -2.28. The Morgan fingerprint density at radius 3 is 2.88 bits per heavy atom. The van der Waals surface area contributed by atoms with E-state index in [9.17, 15) is 9.59 Å². The lowest BCUT2D eigenvalue weighted by molar-refractivity contribution is -0.122. The molecule has 25 heavy (non-hydrogen) atoms. The molecule has 0 spiro atoms. The van der Waals surface area contributed by atoms with Crippen molar-refractivity contribution in [3.05, 3.63) is 58.6 Å². The van der Waals surface area contributed by atoms with Gasteiger partial charge in [0.2, 0.25) is 11.8 Å².